The highest BCUT2D eigenvalue weighted by molar-refractivity contribution is 9.10. The van der Waals surface area contributed by atoms with Gasteiger partial charge in [-0.1, -0.05) is 18.5 Å². The van der Waals surface area contributed by atoms with Crippen molar-refractivity contribution in [1.82, 2.24) is 10.2 Å². The summed E-state index contributed by atoms with van der Waals surface area (Å²) in [6, 6.07) is 3.36. The van der Waals surface area contributed by atoms with Crippen molar-refractivity contribution in [1.29, 1.82) is 0 Å². The molecule has 0 amide bonds. The van der Waals surface area contributed by atoms with Crippen molar-refractivity contribution >= 4 is 33.3 Å². The van der Waals surface area contributed by atoms with E-state index in [0.29, 0.717) is 15.7 Å². The molecule has 1 N–H and O–H groups in total. The minimum atomic E-state index is -0.489. The van der Waals surface area contributed by atoms with Gasteiger partial charge in [0.2, 0.25) is 0 Å². The number of nitrogens with one attached hydrogen (secondary N) is 1. The Hall–Kier alpha value is -1.20. The van der Waals surface area contributed by atoms with Crippen molar-refractivity contribution in [2.45, 2.75) is 27.2 Å². The van der Waals surface area contributed by atoms with Crippen molar-refractivity contribution in [3.63, 3.8) is 0 Å². The van der Waals surface area contributed by atoms with Crippen LogP contribution in [-0.2, 0) is 0 Å². The largest absolute Gasteiger partial charge is 0.368 e. The molecule has 1 aromatic carbocycles. The maximum Gasteiger partial charge on any atom is 0.152 e. The first-order valence-electron chi connectivity index (χ1n) is 6.69. The molecule has 0 radical (unpaired) electrons. The fourth-order valence-corrected chi connectivity index (χ4v) is 2.45. The van der Waals surface area contributed by atoms with Gasteiger partial charge in [-0.3, -0.25) is 0 Å². The summed E-state index contributed by atoms with van der Waals surface area (Å²) in [5, 5.41) is 11.6. The van der Waals surface area contributed by atoms with E-state index in [-0.39, 0.29) is 5.02 Å². The third-order valence-corrected chi connectivity index (χ3v) is 4.61. The topological polar surface area (TPSA) is 37.8 Å². The van der Waals surface area contributed by atoms with Gasteiger partial charge in [0, 0.05) is 16.6 Å². The Morgan fingerprint density at radius 2 is 1.95 bits per heavy atom. The lowest BCUT2D eigenvalue weighted by atomic mass is 10.0. The Morgan fingerprint density at radius 1 is 1.24 bits per heavy atom. The van der Waals surface area contributed by atoms with Crippen molar-refractivity contribution < 1.29 is 4.39 Å². The van der Waals surface area contributed by atoms with Gasteiger partial charge in [-0.25, -0.2) is 4.39 Å². The molecule has 1 heterocycles. The standard InChI is InChI=1S/C15H16BrClFN3/c1-4-7-19-15-9(3)8(2)14(20-21-15)10-5-6-11(16)12(17)13(10)18/h5-6H,4,7H2,1-3H3,(H,19,21). The summed E-state index contributed by atoms with van der Waals surface area (Å²) >= 11 is 9.15. The van der Waals surface area contributed by atoms with Crippen LogP contribution >= 0.6 is 27.5 Å². The maximum absolute atomic E-state index is 14.3. The van der Waals surface area contributed by atoms with Crippen LogP contribution in [0.25, 0.3) is 11.3 Å². The SMILES string of the molecule is CCCNc1nnc(-c2ccc(Br)c(Cl)c2F)c(C)c1C. The normalized spacial score (nSPS) is 10.8. The fraction of sp³-hybridized carbons (Fsp3) is 0.333. The number of benzene rings is 1. The molecule has 0 spiro atoms. The monoisotopic (exact) mass is 371 g/mol. The van der Waals surface area contributed by atoms with Crippen LogP contribution in [0.15, 0.2) is 16.6 Å². The van der Waals surface area contributed by atoms with Gasteiger partial charge >= 0.3 is 0 Å². The molecular formula is C15H16BrClFN3. The van der Waals surface area contributed by atoms with E-state index >= 15 is 0 Å². The second kappa shape index (κ2) is 6.71. The molecule has 1 aromatic heterocycles. The molecule has 0 saturated heterocycles. The van der Waals surface area contributed by atoms with E-state index < -0.39 is 5.82 Å². The number of rotatable bonds is 4. The van der Waals surface area contributed by atoms with E-state index in [1.54, 1.807) is 12.1 Å². The number of hydrogen-bond donors (Lipinski definition) is 1. The van der Waals surface area contributed by atoms with Gasteiger partial charge < -0.3 is 5.32 Å². The van der Waals surface area contributed by atoms with E-state index in [1.165, 1.54) is 0 Å². The second-order valence-corrected chi connectivity index (χ2v) is 6.03. The molecule has 2 rings (SSSR count). The lowest BCUT2D eigenvalue weighted by Crippen LogP contribution is -2.08. The van der Waals surface area contributed by atoms with Crippen LogP contribution in [0.5, 0.6) is 0 Å². The van der Waals surface area contributed by atoms with E-state index in [9.17, 15) is 4.39 Å². The summed E-state index contributed by atoms with van der Waals surface area (Å²) in [7, 11) is 0. The molecule has 2 aromatic rings. The quantitative estimate of drug-likeness (QED) is 0.755. The van der Waals surface area contributed by atoms with Gasteiger partial charge in [-0.05, 0) is 59.5 Å². The van der Waals surface area contributed by atoms with E-state index in [0.717, 1.165) is 29.9 Å². The van der Waals surface area contributed by atoms with Gasteiger partial charge in [-0.2, -0.15) is 0 Å². The summed E-state index contributed by atoms with van der Waals surface area (Å²) in [6.07, 6.45) is 0.999. The average Bonchev–Trinajstić information content (AvgIpc) is 2.47. The van der Waals surface area contributed by atoms with E-state index in [2.05, 4.69) is 38.4 Å². The summed E-state index contributed by atoms with van der Waals surface area (Å²) in [4.78, 5) is 0. The number of hydrogen-bond acceptors (Lipinski definition) is 3. The summed E-state index contributed by atoms with van der Waals surface area (Å²) in [5.41, 5.74) is 2.73. The summed E-state index contributed by atoms with van der Waals surface area (Å²) in [6.45, 7) is 6.76. The van der Waals surface area contributed by atoms with Crippen LogP contribution in [-0.4, -0.2) is 16.7 Å². The van der Waals surface area contributed by atoms with Gasteiger partial charge in [-0.15, -0.1) is 10.2 Å². The summed E-state index contributed by atoms with van der Waals surface area (Å²) in [5.74, 6) is 0.249. The zero-order valence-corrected chi connectivity index (χ0v) is 14.4. The van der Waals surface area contributed by atoms with Crippen molar-refractivity contribution in [3.05, 3.63) is 38.6 Å². The second-order valence-electron chi connectivity index (χ2n) is 4.80. The zero-order chi connectivity index (χ0) is 15.6. The molecular weight excluding hydrogens is 357 g/mol. The van der Waals surface area contributed by atoms with Gasteiger partial charge in [0.1, 0.15) is 0 Å². The molecule has 0 saturated carbocycles. The van der Waals surface area contributed by atoms with Crippen LogP contribution in [0, 0.1) is 19.7 Å². The van der Waals surface area contributed by atoms with Crippen LogP contribution in [0.2, 0.25) is 5.02 Å². The van der Waals surface area contributed by atoms with Crippen LogP contribution in [0.3, 0.4) is 0 Å². The van der Waals surface area contributed by atoms with E-state index in [4.69, 9.17) is 11.6 Å². The molecule has 0 aliphatic carbocycles. The van der Waals surface area contributed by atoms with Crippen LogP contribution in [0.1, 0.15) is 24.5 Å². The number of anilines is 1. The minimum Gasteiger partial charge on any atom is -0.368 e. The summed E-state index contributed by atoms with van der Waals surface area (Å²) < 4.78 is 14.8. The highest BCUT2D eigenvalue weighted by Crippen LogP contribution is 2.34. The van der Waals surface area contributed by atoms with Gasteiger partial charge in [0.05, 0.1) is 10.7 Å². The van der Waals surface area contributed by atoms with Gasteiger partial charge in [0.25, 0.3) is 0 Å². The van der Waals surface area contributed by atoms with Crippen LogP contribution < -0.4 is 5.32 Å². The Bertz CT molecular complexity index is 676. The van der Waals surface area contributed by atoms with E-state index in [1.807, 2.05) is 13.8 Å². The lowest BCUT2D eigenvalue weighted by molar-refractivity contribution is 0.629. The zero-order valence-electron chi connectivity index (χ0n) is 12.1. The third kappa shape index (κ3) is 3.19. The Balaban J connectivity index is 2.51. The molecule has 6 heteroatoms. The van der Waals surface area contributed by atoms with Crippen molar-refractivity contribution in [3.8, 4) is 11.3 Å². The average molecular weight is 373 g/mol. The molecule has 21 heavy (non-hydrogen) atoms. The first-order valence-corrected chi connectivity index (χ1v) is 7.86. The van der Waals surface area contributed by atoms with Gasteiger partial charge in [0.15, 0.2) is 11.6 Å². The Morgan fingerprint density at radius 3 is 2.62 bits per heavy atom. The Kier molecular flexibility index (Phi) is 5.17. The minimum absolute atomic E-state index is 0.0551. The smallest absolute Gasteiger partial charge is 0.152 e. The van der Waals surface area contributed by atoms with Crippen molar-refractivity contribution in [2.24, 2.45) is 0 Å². The first-order chi connectivity index (χ1) is 9.97. The predicted molar refractivity (Wildman–Crippen MR) is 88.4 cm³/mol. The highest BCUT2D eigenvalue weighted by Gasteiger charge is 2.17. The number of halogens is 3. The lowest BCUT2D eigenvalue weighted by Gasteiger charge is -2.13. The fourth-order valence-electron chi connectivity index (χ4n) is 1.98. The molecule has 0 unspecified atom stereocenters. The third-order valence-electron chi connectivity index (χ3n) is 3.36. The Labute approximate surface area is 137 Å². The molecule has 0 atom stereocenters. The van der Waals surface area contributed by atoms with Crippen molar-refractivity contribution in [2.75, 3.05) is 11.9 Å². The molecule has 112 valence electrons. The predicted octanol–water partition coefficient (Wildman–Crippen LogP) is 5.14. The molecule has 0 fully saturated rings. The number of nitrogens with zero attached hydrogens (tertiary/aromatic N) is 2. The highest BCUT2D eigenvalue weighted by atomic mass is 79.9. The molecule has 0 aliphatic rings. The van der Waals surface area contributed by atoms with Crippen LogP contribution in [0.4, 0.5) is 10.2 Å². The molecule has 0 bridgehead atoms. The molecule has 0 aliphatic heterocycles. The number of aromatic nitrogens is 2. The molecule has 3 nitrogen and oxygen atoms in total. The first kappa shape index (κ1) is 16.2. The maximum atomic E-state index is 14.3.